The lowest BCUT2D eigenvalue weighted by molar-refractivity contribution is 0.284. The number of phosphoric acid groups is 1. The number of rotatable bonds is 3. The summed E-state index contributed by atoms with van der Waals surface area (Å²) >= 11 is 0. The van der Waals surface area contributed by atoms with Crippen molar-refractivity contribution in [2.45, 2.75) is 0 Å². The number of hydrogen-bond acceptors (Lipinski definition) is 3. The fourth-order valence-electron chi connectivity index (χ4n) is 1.86. The molecule has 0 atom stereocenters. The van der Waals surface area contributed by atoms with Gasteiger partial charge in [0, 0.05) is 25.2 Å². The molecule has 0 bridgehead atoms. The molecule has 5 nitrogen and oxygen atoms in total. The highest BCUT2D eigenvalue weighted by Crippen LogP contribution is 2.43. The van der Waals surface area contributed by atoms with Crippen LogP contribution in [0.5, 0.6) is 5.75 Å². The van der Waals surface area contributed by atoms with E-state index in [1.807, 2.05) is 43.3 Å². The molecule has 0 saturated heterocycles. The van der Waals surface area contributed by atoms with E-state index in [0.717, 1.165) is 11.1 Å². The summed E-state index contributed by atoms with van der Waals surface area (Å²) in [5.41, 5.74) is 0.844. The maximum Gasteiger partial charge on any atom is 0.524 e. The molecule has 0 radical (unpaired) electrons. The molecular formula is C12H14NO4P. The van der Waals surface area contributed by atoms with Crippen LogP contribution < -0.4 is 9.42 Å². The van der Waals surface area contributed by atoms with E-state index >= 15 is 0 Å². The highest BCUT2D eigenvalue weighted by molar-refractivity contribution is 7.46. The first kappa shape index (κ1) is 12.9. The second kappa shape index (κ2) is 4.61. The Balaban J connectivity index is 2.70. The van der Waals surface area contributed by atoms with E-state index in [1.54, 1.807) is 12.1 Å². The van der Waals surface area contributed by atoms with E-state index in [0.29, 0.717) is 5.39 Å². The minimum absolute atomic E-state index is 0.185. The van der Waals surface area contributed by atoms with Crippen molar-refractivity contribution in [1.82, 2.24) is 0 Å². The van der Waals surface area contributed by atoms with E-state index in [9.17, 15) is 4.57 Å². The Kier molecular flexibility index (Phi) is 3.30. The van der Waals surface area contributed by atoms with E-state index in [-0.39, 0.29) is 5.75 Å². The first-order valence-electron chi connectivity index (χ1n) is 5.33. The molecule has 0 aromatic heterocycles. The fourth-order valence-corrected chi connectivity index (χ4v) is 2.27. The molecule has 0 fully saturated rings. The number of nitrogens with zero attached hydrogens (tertiary/aromatic N) is 1. The van der Waals surface area contributed by atoms with Gasteiger partial charge in [-0.1, -0.05) is 24.3 Å². The van der Waals surface area contributed by atoms with Crippen LogP contribution >= 0.6 is 7.82 Å². The number of hydrogen-bond donors (Lipinski definition) is 2. The highest BCUT2D eigenvalue weighted by atomic mass is 31.2. The molecule has 0 spiro atoms. The van der Waals surface area contributed by atoms with Gasteiger partial charge in [-0.15, -0.1) is 0 Å². The Hall–Kier alpha value is -1.55. The number of fused-ring (bicyclic) bond motifs is 1. The maximum absolute atomic E-state index is 11.0. The fraction of sp³-hybridized carbons (Fsp3) is 0.167. The van der Waals surface area contributed by atoms with Gasteiger partial charge in [0.2, 0.25) is 0 Å². The third-order valence-corrected chi connectivity index (χ3v) is 2.98. The molecule has 2 rings (SSSR count). The molecule has 2 N–H and O–H groups in total. The van der Waals surface area contributed by atoms with E-state index in [4.69, 9.17) is 14.3 Å². The van der Waals surface area contributed by atoms with Gasteiger partial charge in [-0.05, 0) is 17.5 Å². The molecule has 2 aromatic rings. The second-order valence-electron chi connectivity index (χ2n) is 4.11. The Labute approximate surface area is 105 Å². The minimum atomic E-state index is -4.56. The predicted octanol–water partition coefficient (Wildman–Crippen LogP) is 2.38. The van der Waals surface area contributed by atoms with Crippen LogP contribution in [0.2, 0.25) is 0 Å². The third-order valence-electron chi connectivity index (χ3n) is 2.54. The molecule has 0 unspecified atom stereocenters. The summed E-state index contributed by atoms with van der Waals surface area (Å²) in [7, 11) is -0.832. The van der Waals surface area contributed by atoms with Gasteiger partial charge in [0.15, 0.2) is 0 Å². The summed E-state index contributed by atoms with van der Waals surface area (Å²) in [4.78, 5) is 19.7. The van der Waals surface area contributed by atoms with Crippen molar-refractivity contribution >= 4 is 24.3 Å². The normalized spacial score (nSPS) is 11.6. The summed E-state index contributed by atoms with van der Waals surface area (Å²) in [5.74, 6) is 0.185. The number of anilines is 1. The molecule has 18 heavy (non-hydrogen) atoms. The van der Waals surface area contributed by atoms with E-state index < -0.39 is 7.82 Å². The van der Waals surface area contributed by atoms with Crippen molar-refractivity contribution < 1.29 is 18.9 Å². The van der Waals surface area contributed by atoms with Crippen LogP contribution in [0.3, 0.4) is 0 Å². The first-order chi connectivity index (χ1) is 8.38. The lowest BCUT2D eigenvalue weighted by Gasteiger charge is -2.18. The molecule has 6 heteroatoms. The maximum atomic E-state index is 11.0. The number of phosphoric ester groups is 1. The lowest BCUT2D eigenvalue weighted by Crippen LogP contribution is -2.09. The molecule has 0 aliphatic carbocycles. The predicted molar refractivity (Wildman–Crippen MR) is 70.9 cm³/mol. The quantitative estimate of drug-likeness (QED) is 0.835. The SMILES string of the molecule is CN(C)c1cccc2cccc(OP(=O)(O)O)c12. The van der Waals surface area contributed by atoms with Gasteiger partial charge in [0.05, 0.1) is 0 Å². The van der Waals surface area contributed by atoms with Crippen molar-refractivity contribution in [3.8, 4) is 5.75 Å². The van der Waals surface area contributed by atoms with Crippen molar-refractivity contribution in [3.63, 3.8) is 0 Å². The average Bonchev–Trinajstić information content (AvgIpc) is 2.26. The largest absolute Gasteiger partial charge is 0.524 e. The van der Waals surface area contributed by atoms with Gasteiger partial charge in [-0.3, -0.25) is 9.79 Å². The van der Waals surface area contributed by atoms with Gasteiger partial charge in [-0.25, -0.2) is 4.57 Å². The van der Waals surface area contributed by atoms with Gasteiger partial charge >= 0.3 is 7.82 Å². The monoisotopic (exact) mass is 267 g/mol. The Morgan fingerprint density at radius 3 is 2.28 bits per heavy atom. The molecule has 96 valence electrons. The van der Waals surface area contributed by atoms with Gasteiger partial charge < -0.3 is 9.42 Å². The van der Waals surface area contributed by atoms with Crippen LogP contribution in [-0.4, -0.2) is 23.9 Å². The van der Waals surface area contributed by atoms with Crippen LogP contribution in [-0.2, 0) is 4.57 Å². The molecule has 0 aliphatic rings. The number of benzene rings is 2. The minimum Gasteiger partial charge on any atom is -0.404 e. The van der Waals surface area contributed by atoms with Gasteiger partial charge in [-0.2, -0.15) is 0 Å². The molecule has 0 heterocycles. The summed E-state index contributed by atoms with van der Waals surface area (Å²) < 4.78 is 15.7. The average molecular weight is 267 g/mol. The van der Waals surface area contributed by atoms with Gasteiger partial charge in [0.25, 0.3) is 0 Å². The van der Waals surface area contributed by atoms with Gasteiger partial charge in [0.1, 0.15) is 5.75 Å². The zero-order chi connectivity index (χ0) is 13.3. The molecule has 2 aromatic carbocycles. The van der Waals surface area contributed by atoms with Crippen LogP contribution in [0.4, 0.5) is 5.69 Å². The molecular weight excluding hydrogens is 253 g/mol. The molecule has 0 amide bonds. The standard InChI is InChI=1S/C12H14NO4P/c1-13(2)10-7-3-5-9-6-4-8-11(12(9)10)17-18(14,15)16/h3-8H,1-2H3,(H2,14,15,16). The van der Waals surface area contributed by atoms with Crippen molar-refractivity contribution in [3.05, 3.63) is 36.4 Å². The Morgan fingerprint density at radius 1 is 1.11 bits per heavy atom. The Bertz CT molecular complexity index is 615. The summed E-state index contributed by atoms with van der Waals surface area (Å²) in [5, 5.41) is 1.56. The summed E-state index contributed by atoms with van der Waals surface area (Å²) in [6, 6.07) is 10.7. The van der Waals surface area contributed by atoms with Crippen molar-refractivity contribution in [2.24, 2.45) is 0 Å². The Morgan fingerprint density at radius 2 is 1.72 bits per heavy atom. The van der Waals surface area contributed by atoms with Crippen molar-refractivity contribution in [2.75, 3.05) is 19.0 Å². The second-order valence-corrected chi connectivity index (χ2v) is 5.27. The van der Waals surface area contributed by atoms with E-state index in [2.05, 4.69) is 0 Å². The van der Waals surface area contributed by atoms with E-state index in [1.165, 1.54) is 0 Å². The van der Waals surface area contributed by atoms with Crippen molar-refractivity contribution in [1.29, 1.82) is 0 Å². The summed E-state index contributed by atoms with van der Waals surface area (Å²) in [6.45, 7) is 0. The lowest BCUT2D eigenvalue weighted by atomic mass is 10.1. The smallest absolute Gasteiger partial charge is 0.404 e. The third kappa shape index (κ3) is 2.64. The van der Waals surface area contributed by atoms with Crippen LogP contribution in [0.25, 0.3) is 10.8 Å². The first-order valence-corrected chi connectivity index (χ1v) is 6.86. The van der Waals surface area contributed by atoms with Crippen LogP contribution in [0, 0.1) is 0 Å². The highest BCUT2D eigenvalue weighted by Gasteiger charge is 2.19. The topological polar surface area (TPSA) is 70.0 Å². The van der Waals surface area contributed by atoms with Crippen LogP contribution in [0.15, 0.2) is 36.4 Å². The zero-order valence-electron chi connectivity index (χ0n) is 10.1. The van der Waals surface area contributed by atoms with Crippen LogP contribution in [0.1, 0.15) is 0 Å². The molecule has 0 saturated carbocycles. The molecule has 0 aliphatic heterocycles. The zero-order valence-corrected chi connectivity index (χ0v) is 11.0. The summed E-state index contributed by atoms with van der Waals surface area (Å²) in [6.07, 6.45) is 0.